The van der Waals surface area contributed by atoms with E-state index >= 15 is 0 Å². The van der Waals surface area contributed by atoms with Crippen LogP contribution in [0.15, 0.2) is 39.8 Å². The minimum atomic E-state index is -0.436. The Kier molecular flexibility index (Phi) is 4.56. The lowest BCUT2D eigenvalue weighted by molar-refractivity contribution is 0.102. The van der Waals surface area contributed by atoms with Gasteiger partial charge in [0.25, 0.3) is 11.5 Å². The molecule has 7 heteroatoms. The zero-order valence-corrected chi connectivity index (χ0v) is 14.3. The predicted molar refractivity (Wildman–Crippen MR) is 94.2 cm³/mol. The van der Waals surface area contributed by atoms with Gasteiger partial charge in [-0.1, -0.05) is 19.1 Å². The highest BCUT2D eigenvalue weighted by Gasteiger charge is 2.23. The molecule has 0 atom stereocenters. The Morgan fingerprint density at radius 1 is 1.36 bits per heavy atom. The van der Waals surface area contributed by atoms with Crippen LogP contribution in [0, 0.1) is 6.92 Å². The number of fused-ring (bicyclic) bond motifs is 1. The molecule has 3 aromatic rings. The topological polar surface area (TPSA) is 86.4 Å². The van der Waals surface area contributed by atoms with Gasteiger partial charge in [-0.3, -0.25) is 9.59 Å². The first-order valence-electron chi connectivity index (χ1n) is 8.00. The minimum Gasteiger partial charge on any atom is -0.491 e. The number of ether oxygens (including phenoxy) is 1. The molecule has 0 aliphatic heterocycles. The van der Waals surface area contributed by atoms with Crippen LogP contribution in [0.4, 0.5) is 5.69 Å². The first kappa shape index (κ1) is 16.8. The van der Waals surface area contributed by atoms with Gasteiger partial charge in [0.05, 0.1) is 17.9 Å². The van der Waals surface area contributed by atoms with Crippen molar-refractivity contribution < 1.29 is 13.9 Å². The molecule has 0 unspecified atom stereocenters. The average molecular weight is 341 g/mol. The number of nitrogens with one attached hydrogen (secondary N) is 1. The van der Waals surface area contributed by atoms with Crippen molar-refractivity contribution in [2.24, 2.45) is 7.05 Å². The number of anilines is 1. The molecule has 2 aromatic heterocycles. The molecule has 0 aliphatic rings. The number of hydrogen-bond acceptors (Lipinski definition) is 5. The lowest BCUT2D eigenvalue weighted by atomic mass is 10.1. The second-order valence-corrected chi connectivity index (χ2v) is 5.67. The van der Waals surface area contributed by atoms with Crippen molar-refractivity contribution in [2.75, 3.05) is 11.9 Å². The van der Waals surface area contributed by atoms with E-state index in [4.69, 9.17) is 9.15 Å². The molecule has 1 N–H and O–H groups in total. The number of rotatable bonds is 5. The molecule has 0 fully saturated rings. The normalized spacial score (nSPS) is 10.8. The monoisotopic (exact) mass is 341 g/mol. The highest BCUT2D eigenvalue weighted by molar-refractivity contribution is 6.13. The van der Waals surface area contributed by atoms with Gasteiger partial charge in [0, 0.05) is 7.05 Å². The molecule has 0 bridgehead atoms. The van der Waals surface area contributed by atoms with Gasteiger partial charge in [-0.2, -0.15) is 0 Å². The van der Waals surface area contributed by atoms with Gasteiger partial charge in [0.1, 0.15) is 23.2 Å². The second-order valence-electron chi connectivity index (χ2n) is 5.67. The van der Waals surface area contributed by atoms with Crippen molar-refractivity contribution in [1.82, 2.24) is 9.55 Å². The van der Waals surface area contributed by atoms with Crippen LogP contribution in [0.3, 0.4) is 0 Å². The average Bonchev–Trinajstić information content (AvgIpc) is 2.94. The Balaban J connectivity index is 2.01. The van der Waals surface area contributed by atoms with Crippen molar-refractivity contribution in [3.05, 3.63) is 52.3 Å². The highest BCUT2D eigenvalue weighted by atomic mass is 16.5. The zero-order valence-electron chi connectivity index (χ0n) is 14.3. The summed E-state index contributed by atoms with van der Waals surface area (Å²) >= 11 is 0. The first-order chi connectivity index (χ1) is 12.0. The summed E-state index contributed by atoms with van der Waals surface area (Å²) in [6, 6.07) is 7.16. The quantitative estimate of drug-likeness (QED) is 0.771. The number of carbonyl (C=O) groups is 1. The van der Waals surface area contributed by atoms with Crippen LogP contribution in [-0.2, 0) is 7.05 Å². The number of para-hydroxylation sites is 2. The SMILES string of the molecule is CCCOc1ccccc1NC(=O)c1c(C)oc2ncn(C)c(=O)c12. The predicted octanol–water partition coefficient (Wildman–Crippen LogP) is 2.88. The van der Waals surface area contributed by atoms with E-state index in [1.807, 2.05) is 13.0 Å². The molecular formula is C18H19N3O4. The van der Waals surface area contributed by atoms with Gasteiger partial charge in [-0.25, -0.2) is 4.98 Å². The third-order valence-electron chi connectivity index (χ3n) is 3.77. The van der Waals surface area contributed by atoms with Gasteiger partial charge in [0.15, 0.2) is 0 Å². The van der Waals surface area contributed by atoms with E-state index in [9.17, 15) is 9.59 Å². The van der Waals surface area contributed by atoms with Crippen LogP contribution in [0.25, 0.3) is 11.1 Å². The summed E-state index contributed by atoms with van der Waals surface area (Å²) in [6.45, 7) is 4.19. The van der Waals surface area contributed by atoms with Gasteiger partial charge < -0.3 is 19.0 Å². The van der Waals surface area contributed by atoms with Crippen molar-refractivity contribution in [3.8, 4) is 5.75 Å². The summed E-state index contributed by atoms with van der Waals surface area (Å²) in [5.41, 5.74) is 0.549. The molecule has 1 aromatic carbocycles. The molecule has 3 rings (SSSR count). The number of nitrogens with zero attached hydrogens (tertiary/aromatic N) is 2. The van der Waals surface area contributed by atoms with Crippen molar-refractivity contribution in [1.29, 1.82) is 0 Å². The van der Waals surface area contributed by atoms with E-state index in [1.54, 1.807) is 32.2 Å². The Bertz CT molecular complexity index is 988. The summed E-state index contributed by atoms with van der Waals surface area (Å²) in [4.78, 5) is 29.2. The van der Waals surface area contributed by atoms with Crippen LogP contribution in [0.1, 0.15) is 29.5 Å². The lowest BCUT2D eigenvalue weighted by Gasteiger charge is -2.11. The minimum absolute atomic E-state index is 0.154. The molecule has 0 aliphatic carbocycles. The van der Waals surface area contributed by atoms with Crippen molar-refractivity contribution in [2.45, 2.75) is 20.3 Å². The van der Waals surface area contributed by atoms with Crippen LogP contribution in [-0.4, -0.2) is 22.1 Å². The number of benzene rings is 1. The molecule has 25 heavy (non-hydrogen) atoms. The molecule has 0 saturated carbocycles. The number of aryl methyl sites for hydroxylation is 2. The summed E-state index contributed by atoms with van der Waals surface area (Å²) < 4.78 is 12.4. The Hall–Kier alpha value is -3.09. The summed E-state index contributed by atoms with van der Waals surface area (Å²) in [7, 11) is 1.58. The maximum atomic E-state index is 12.8. The van der Waals surface area contributed by atoms with Crippen LogP contribution in [0.2, 0.25) is 0 Å². The van der Waals surface area contributed by atoms with Gasteiger partial charge in [0.2, 0.25) is 5.71 Å². The van der Waals surface area contributed by atoms with E-state index in [1.165, 1.54) is 10.9 Å². The van der Waals surface area contributed by atoms with Crippen molar-refractivity contribution in [3.63, 3.8) is 0 Å². The third kappa shape index (κ3) is 3.13. The number of furan rings is 1. The molecule has 130 valence electrons. The molecule has 2 heterocycles. The molecule has 0 radical (unpaired) electrons. The summed E-state index contributed by atoms with van der Waals surface area (Å²) in [5.74, 6) is 0.485. The van der Waals surface area contributed by atoms with Crippen LogP contribution >= 0.6 is 0 Å². The summed E-state index contributed by atoms with van der Waals surface area (Å²) in [6.07, 6.45) is 2.22. The van der Waals surface area contributed by atoms with E-state index in [2.05, 4.69) is 10.3 Å². The fraction of sp³-hybridized carbons (Fsp3) is 0.278. The molecule has 1 amide bonds. The Morgan fingerprint density at radius 2 is 2.12 bits per heavy atom. The standard InChI is InChI=1S/C18H19N3O4/c1-4-9-24-13-8-6-5-7-12(13)20-16(22)14-11(2)25-17-15(14)18(23)21(3)10-19-17/h5-8,10H,4,9H2,1-3H3,(H,20,22). The number of carbonyl (C=O) groups excluding carboxylic acids is 1. The van der Waals surface area contributed by atoms with E-state index in [0.29, 0.717) is 23.8 Å². The second kappa shape index (κ2) is 6.80. The smallest absolute Gasteiger partial charge is 0.265 e. The third-order valence-corrected chi connectivity index (χ3v) is 3.77. The molecular weight excluding hydrogens is 322 g/mol. The summed E-state index contributed by atoms with van der Waals surface area (Å²) in [5, 5.41) is 2.97. The maximum absolute atomic E-state index is 12.8. The van der Waals surface area contributed by atoms with Gasteiger partial charge in [-0.05, 0) is 25.5 Å². The van der Waals surface area contributed by atoms with Crippen LogP contribution in [0.5, 0.6) is 5.75 Å². The first-order valence-corrected chi connectivity index (χ1v) is 8.00. The maximum Gasteiger partial charge on any atom is 0.265 e. The van der Waals surface area contributed by atoms with Gasteiger partial charge >= 0.3 is 0 Å². The Labute approximate surface area is 144 Å². The number of amides is 1. The molecule has 0 spiro atoms. The van der Waals surface area contributed by atoms with E-state index in [-0.39, 0.29) is 22.2 Å². The molecule has 7 nitrogen and oxygen atoms in total. The molecule has 0 saturated heterocycles. The van der Waals surface area contributed by atoms with Crippen LogP contribution < -0.4 is 15.6 Å². The van der Waals surface area contributed by atoms with E-state index < -0.39 is 5.91 Å². The number of aromatic nitrogens is 2. The lowest BCUT2D eigenvalue weighted by Crippen LogP contribution is -2.20. The van der Waals surface area contributed by atoms with E-state index in [0.717, 1.165) is 6.42 Å². The fourth-order valence-electron chi connectivity index (χ4n) is 2.55. The van der Waals surface area contributed by atoms with Crippen molar-refractivity contribution >= 4 is 22.7 Å². The largest absolute Gasteiger partial charge is 0.491 e. The highest BCUT2D eigenvalue weighted by Crippen LogP contribution is 2.27. The Morgan fingerprint density at radius 3 is 2.88 bits per heavy atom. The number of hydrogen-bond donors (Lipinski definition) is 1. The van der Waals surface area contributed by atoms with Gasteiger partial charge in [-0.15, -0.1) is 0 Å². The fourth-order valence-corrected chi connectivity index (χ4v) is 2.55. The zero-order chi connectivity index (χ0) is 18.0.